The third kappa shape index (κ3) is 3.77. The molecule has 0 saturated carbocycles. The van der Waals surface area contributed by atoms with Crippen molar-refractivity contribution in [1.29, 1.82) is 0 Å². The third-order valence-corrected chi connectivity index (χ3v) is 3.71. The van der Waals surface area contributed by atoms with Crippen molar-refractivity contribution < 1.29 is 14.8 Å². The van der Waals surface area contributed by atoms with E-state index < -0.39 is 16.4 Å². The van der Waals surface area contributed by atoms with Gasteiger partial charge in [0.25, 0.3) is 5.69 Å². The Kier molecular flexibility index (Phi) is 4.24. The van der Waals surface area contributed by atoms with Crippen molar-refractivity contribution in [3.63, 3.8) is 0 Å². The lowest BCUT2D eigenvalue weighted by molar-refractivity contribution is -0.385. The number of benzene rings is 1. The molecule has 1 heterocycles. The standard InChI is InChI=1S/C14H19N3O4/c1-14(19)5-2-6-16(9-14)8-11-4-3-10(13(15)18)7-12(11)17(20)21/h3-4,7,19H,2,5-6,8-9H2,1H3,(H2,15,18). The average Bonchev–Trinajstić information content (AvgIpc) is 2.37. The lowest BCUT2D eigenvalue weighted by Crippen LogP contribution is -2.45. The first-order chi connectivity index (χ1) is 9.78. The third-order valence-electron chi connectivity index (χ3n) is 3.71. The zero-order valence-electron chi connectivity index (χ0n) is 11.9. The Morgan fingerprint density at radius 2 is 2.29 bits per heavy atom. The molecule has 1 aromatic carbocycles. The van der Waals surface area contributed by atoms with Crippen LogP contribution in [0.2, 0.25) is 0 Å². The van der Waals surface area contributed by atoms with Crippen LogP contribution in [0, 0.1) is 10.1 Å². The van der Waals surface area contributed by atoms with Gasteiger partial charge in [0.2, 0.25) is 5.91 Å². The summed E-state index contributed by atoms with van der Waals surface area (Å²) in [6, 6.07) is 4.26. The number of piperidine rings is 1. The number of hydrogen-bond acceptors (Lipinski definition) is 5. The summed E-state index contributed by atoms with van der Waals surface area (Å²) in [5.74, 6) is -0.689. The van der Waals surface area contributed by atoms with Crippen LogP contribution in [0.5, 0.6) is 0 Å². The van der Waals surface area contributed by atoms with E-state index >= 15 is 0 Å². The molecule has 1 saturated heterocycles. The van der Waals surface area contributed by atoms with Gasteiger partial charge < -0.3 is 10.8 Å². The van der Waals surface area contributed by atoms with Gasteiger partial charge in [0.1, 0.15) is 0 Å². The maximum Gasteiger partial charge on any atom is 0.274 e. The van der Waals surface area contributed by atoms with Crippen molar-refractivity contribution in [3.8, 4) is 0 Å². The number of aliphatic hydroxyl groups is 1. The highest BCUT2D eigenvalue weighted by Gasteiger charge is 2.29. The maximum absolute atomic E-state index is 11.2. The second kappa shape index (κ2) is 5.79. The van der Waals surface area contributed by atoms with E-state index in [4.69, 9.17) is 5.73 Å². The van der Waals surface area contributed by atoms with Crippen LogP contribution in [0.25, 0.3) is 0 Å². The molecule has 0 aliphatic carbocycles. The van der Waals surface area contributed by atoms with Crippen LogP contribution in [0.4, 0.5) is 5.69 Å². The van der Waals surface area contributed by atoms with E-state index in [1.165, 1.54) is 12.1 Å². The number of primary amides is 1. The second-order valence-electron chi connectivity index (χ2n) is 5.78. The first-order valence-electron chi connectivity index (χ1n) is 6.80. The van der Waals surface area contributed by atoms with Gasteiger partial charge in [-0.15, -0.1) is 0 Å². The molecular weight excluding hydrogens is 274 g/mol. The van der Waals surface area contributed by atoms with Crippen LogP contribution in [-0.2, 0) is 6.54 Å². The molecule has 1 atom stereocenters. The summed E-state index contributed by atoms with van der Waals surface area (Å²) in [5.41, 5.74) is 4.91. The Hall–Kier alpha value is -1.99. The number of likely N-dealkylation sites (tertiary alicyclic amines) is 1. The number of hydrogen-bond donors (Lipinski definition) is 2. The van der Waals surface area contributed by atoms with Crippen molar-refractivity contribution in [2.24, 2.45) is 5.73 Å². The van der Waals surface area contributed by atoms with Crippen LogP contribution in [0.15, 0.2) is 18.2 Å². The fourth-order valence-corrected chi connectivity index (χ4v) is 2.72. The number of rotatable bonds is 4. The topological polar surface area (TPSA) is 110 Å². The number of carbonyl (C=O) groups excluding carboxylic acids is 1. The smallest absolute Gasteiger partial charge is 0.274 e. The maximum atomic E-state index is 11.2. The van der Waals surface area contributed by atoms with E-state index in [0.29, 0.717) is 18.7 Å². The highest BCUT2D eigenvalue weighted by Crippen LogP contribution is 2.26. The number of carbonyl (C=O) groups is 1. The van der Waals surface area contributed by atoms with Gasteiger partial charge >= 0.3 is 0 Å². The molecule has 0 bridgehead atoms. The van der Waals surface area contributed by atoms with Crippen molar-refractivity contribution in [1.82, 2.24) is 4.90 Å². The largest absolute Gasteiger partial charge is 0.389 e. The minimum Gasteiger partial charge on any atom is -0.389 e. The minimum absolute atomic E-state index is 0.114. The zero-order valence-corrected chi connectivity index (χ0v) is 11.9. The molecule has 1 aromatic rings. The molecule has 0 aromatic heterocycles. The second-order valence-corrected chi connectivity index (χ2v) is 5.78. The normalized spacial score (nSPS) is 23.0. The van der Waals surface area contributed by atoms with Gasteiger partial charge in [-0.1, -0.05) is 6.07 Å². The predicted molar refractivity (Wildman–Crippen MR) is 76.7 cm³/mol. The molecule has 0 spiro atoms. The van der Waals surface area contributed by atoms with Crippen molar-refractivity contribution >= 4 is 11.6 Å². The number of amides is 1. The Bertz CT molecular complexity index is 571. The monoisotopic (exact) mass is 293 g/mol. The highest BCUT2D eigenvalue weighted by atomic mass is 16.6. The molecule has 7 nitrogen and oxygen atoms in total. The van der Waals surface area contributed by atoms with E-state index in [1.807, 2.05) is 4.90 Å². The van der Waals surface area contributed by atoms with Gasteiger partial charge in [0.15, 0.2) is 0 Å². The summed E-state index contributed by atoms with van der Waals surface area (Å²) in [5, 5.41) is 21.2. The van der Waals surface area contributed by atoms with Crippen LogP contribution >= 0.6 is 0 Å². The van der Waals surface area contributed by atoms with Crippen molar-refractivity contribution in [2.45, 2.75) is 31.9 Å². The van der Waals surface area contributed by atoms with Crippen LogP contribution in [-0.4, -0.2) is 39.5 Å². The van der Waals surface area contributed by atoms with Gasteiger partial charge in [-0.25, -0.2) is 0 Å². The van der Waals surface area contributed by atoms with Gasteiger partial charge in [-0.05, 0) is 32.4 Å². The lowest BCUT2D eigenvalue weighted by atomic mass is 9.94. The molecular formula is C14H19N3O4. The first-order valence-corrected chi connectivity index (χ1v) is 6.80. The molecule has 7 heteroatoms. The SMILES string of the molecule is CC1(O)CCCN(Cc2ccc(C(N)=O)cc2[N+](=O)[O-])C1. The quantitative estimate of drug-likeness (QED) is 0.636. The van der Waals surface area contributed by atoms with Gasteiger partial charge in [0, 0.05) is 30.3 Å². The van der Waals surface area contributed by atoms with E-state index in [-0.39, 0.29) is 11.3 Å². The van der Waals surface area contributed by atoms with Crippen LogP contribution < -0.4 is 5.73 Å². The average molecular weight is 293 g/mol. The summed E-state index contributed by atoms with van der Waals surface area (Å²) in [4.78, 5) is 23.7. The van der Waals surface area contributed by atoms with E-state index in [0.717, 1.165) is 19.4 Å². The highest BCUT2D eigenvalue weighted by molar-refractivity contribution is 5.93. The number of nitro benzene ring substituents is 1. The Labute approximate surface area is 122 Å². The van der Waals surface area contributed by atoms with Gasteiger partial charge in [-0.2, -0.15) is 0 Å². The molecule has 1 unspecified atom stereocenters. The summed E-state index contributed by atoms with van der Waals surface area (Å²) in [6.45, 7) is 3.39. The first kappa shape index (κ1) is 15.4. The summed E-state index contributed by atoms with van der Waals surface area (Å²) in [7, 11) is 0. The number of nitrogens with zero attached hydrogens (tertiary/aromatic N) is 2. The van der Waals surface area contributed by atoms with E-state index in [2.05, 4.69) is 0 Å². The predicted octanol–water partition coefficient (Wildman–Crippen LogP) is 1.04. The molecule has 21 heavy (non-hydrogen) atoms. The minimum atomic E-state index is -0.764. The number of nitro groups is 1. The molecule has 1 fully saturated rings. The fraction of sp³-hybridized carbons (Fsp3) is 0.500. The molecule has 0 radical (unpaired) electrons. The Balaban J connectivity index is 2.23. The fourth-order valence-electron chi connectivity index (χ4n) is 2.72. The summed E-state index contributed by atoms with van der Waals surface area (Å²) >= 11 is 0. The number of β-amino-alcohol motifs (C(OH)–C–C–N with tert-alkyl or cyclic N) is 1. The van der Waals surface area contributed by atoms with Gasteiger partial charge in [0.05, 0.1) is 10.5 Å². The van der Waals surface area contributed by atoms with E-state index in [1.54, 1.807) is 13.0 Å². The van der Waals surface area contributed by atoms with Crippen molar-refractivity contribution in [2.75, 3.05) is 13.1 Å². The molecule has 114 valence electrons. The van der Waals surface area contributed by atoms with Gasteiger partial charge in [-0.3, -0.25) is 19.8 Å². The molecule has 1 aliphatic heterocycles. The Morgan fingerprint density at radius 3 is 2.86 bits per heavy atom. The number of nitrogens with two attached hydrogens (primary N) is 1. The summed E-state index contributed by atoms with van der Waals surface area (Å²) in [6.07, 6.45) is 1.58. The zero-order chi connectivity index (χ0) is 15.6. The van der Waals surface area contributed by atoms with Crippen molar-refractivity contribution in [3.05, 3.63) is 39.4 Å². The van der Waals surface area contributed by atoms with E-state index in [9.17, 15) is 20.0 Å². The lowest BCUT2D eigenvalue weighted by Gasteiger charge is -2.36. The van der Waals surface area contributed by atoms with Crippen LogP contribution in [0.3, 0.4) is 0 Å². The summed E-state index contributed by atoms with van der Waals surface area (Å²) < 4.78 is 0. The Morgan fingerprint density at radius 1 is 1.57 bits per heavy atom. The van der Waals surface area contributed by atoms with Crippen LogP contribution in [0.1, 0.15) is 35.7 Å². The molecule has 1 aliphatic rings. The molecule has 2 rings (SSSR count). The molecule has 3 N–H and O–H groups in total. The molecule has 1 amide bonds.